The molecular weight excluding hydrogens is 408 g/mol. The van der Waals surface area contributed by atoms with Gasteiger partial charge < -0.3 is 20.1 Å². The zero-order valence-corrected chi connectivity index (χ0v) is 17.9. The standard InChI is InChI=1S/C23H22N6O3/c1-15-25-21(13-22(26-15)29-9-8-24-14-29)27-17-4-6-18(7-5-17)28-23(30)16-10-19(31-2)12-20(11-16)32-3/h4-14H,1-3H3,(H,28,30)(H,25,26,27). The fraction of sp³-hybridized carbons (Fsp3) is 0.130. The Bertz CT molecular complexity index is 1200. The fourth-order valence-corrected chi connectivity index (χ4v) is 3.07. The Balaban J connectivity index is 1.47. The van der Waals surface area contributed by atoms with E-state index in [9.17, 15) is 4.79 Å². The zero-order valence-electron chi connectivity index (χ0n) is 17.9. The number of aryl methyl sites for hydroxylation is 1. The number of aromatic nitrogens is 4. The molecule has 2 heterocycles. The summed E-state index contributed by atoms with van der Waals surface area (Å²) in [6.07, 6.45) is 5.20. The van der Waals surface area contributed by atoms with Crippen LogP contribution in [-0.2, 0) is 0 Å². The van der Waals surface area contributed by atoms with Crippen LogP contribution in [0, 0.1) is 6.92 Å². The number of carbonyl (C=O) groups is 1. The van der Waals surface area contributed by atoms with Gasteiger partial charge in [0.05, 0.1) is 14.2 Å². The predicted octanol–water partition coefficient (Wildman–Crippen LogP) is 3.98. The van der Waals surface area contributed by atoms with Gasteiger partial charge in [-0.1, -0.05) is 0 Å². The van der Waals surface area contributed by atoms with Crippen LogP contribution in [0.1, 0.15) is 16.2 Å². The maximum absolute atomic E-state index is 12.7. The molecule has 0 bridgehead atoms. The molecule has 4 rings (SSSR count). The first kappa shape index (κ1) is 20.9. The number of nitrogens with zero attached hydrogens (tertiary/aromatic N) is 4. The lowest BCUT2D eigenvalue weighted by atomic mass is 10.1. The molecule has 2 aromatic carbocycles. The van der Waals surface area contributed by atoms with E-state index in [0.29, 0.717) is 34.4 Å². The minimum atomic E-state index is -0.265. The van der Waals surface area contributed by atoms with Gasteiger partial charge in [-0.25, -0.2) is 15.0 Å². The van der Waals surface area contributed by atoms with Crippen molar-refractivity contribution in [2.24, 2.45) is 0 Å². The summed E-state index contributed by atoms with van der Waals surface area (Å²) in [6.45, 7) is 1.83. The Morgan fingerprint density at radius 3 is 2.25 bits per heavy atom. The smallest absolute Gasteiger partial charge is 0.255 e. The molecule has 0 fully saturated rings. The van der Waals surface area contributed by atoms with E-state index in [4.69, 9.17) is 9.47 Å². The Labute approximate surface area is 185 Å². The highest BCUT2D eigenvalue weighted by Crippen LogP contribution is 2.24. The van der Waals surface area contributed by atoms with Crippen LogP contribution in [-0.4, -0.2) is 39.6 Å². The topological polar surface area (TPSA) is 103 Å². The van der Waals surface area contributed by atoms with Crippen molar-refractivity contribution in [3.05, 3.63) is 78.6 Å². The molecule has 0 saturated carbocycles. The summed E-state index contributed by atoms with van der Waals surface area (Å²) in [6, 6.07) is 14.2. The lowest BCUT2D eigenvalue weighted by Crippen LogP contribution is -2.12. The van der Waals surface area contributed by atoms with Gasteiger partial charge in [-0.15, -0.1) is 0 Å². The number of anilines is 3. The van der Waals surface area contributed by atoms with Crippen molar-refractivity contribution in [2.45, 2.75) is 6.92 Å². The Kier molecular flexibility index (Phi) is 5.98. The highest BCUT2D eigenvalue weighted by Gasteiger charge is 2.11. The SMILES string of the molecule is COc1cc(OC)cc(C(=O)Nc2ccc(Nc3cc(-n4ccnc4)nc(C)n3)cc2)c1. The number of rotatable bonds is 7. The van der Waals surface area contributed by atoms with E-state index < -0.39 is 0 Å². The van der Waals surface area contributed by atoms with Crippen LogP contribution < -0.4 is 20.1 Å². The second kappa shape index (κ2) is 9.17. The minimum absolute atomic E-state index is 0.265. The second-order valence-corrected chi connectivity index (χ2v) is 6.89. The zero-order chi connectivity index (χ0) is 22.5. The lowest BCUT2D eigenvalue weighted by molar-refractivity contribution is 0.102. The van der Waals surface area contributed by atoms with Crippen LogP contribution in [0.2, 0.25) is 0 Å². The van der Waals surface area contributed by atoms with E-state index in [1.54, 1.807) is 44.9 Å². The summed E-state index contributed by atoms with van der Waals surface area (Å²) in [5.74, 6) is 2.83. The van der Waals surface area contributed by atoms with Gasteiger partial charge in [-0.05, 0) is 43.3 Å². The Hall–Kier alpha value is -4.40. The summed E-state index contributed by atoms with van der Waals surface area (Å²) in [5, 5.41) is 6.13. The third kappa shape index (κ3) is 4.84. The molecule has 9 nitrogen and oxygen atoms in total. The van der Waals surface area contributed by atoms with Gasteiger partial charge in [0.1, 0.15) is 35.3 Å². The number of amides is 1. The van der Waals surface area contributed by atoms with Crippen LogP contribution in [0.3, 0.4) is 0 Å². The lowest BCUT2D eigenvalue weighted by Gasteiger charge is -2.11. The first-order valence-corrected chi connectivity index (χ1v) is 9.79. The predicted molar refractivity (Wildman–Crippen MR) is 121 cm³/mol. The molecule has 0 aliphatic carbocycles. The van der Waals surface area contributed by atoms with Gasteiger partial charge in [0, 0.05) is 41.5 Å². The van der Waals surface area contributed by atoms with Gasteiger partial charge in [-0.2, -0.15) is 0 Å². The summed E-state index contributed by atoms with van der Waals surface area (Å²) < 4.78 is 12.3. The average Bonchev–Trinajstić information content (AvgIpc) is 3.35. The number of nitrogens with one attached hydrogen (secondary N) is 2. The molecule has 1 amide bonds. The van der Waals surface area contributed by atoms with Crippen molar-refractivity contribution in [2.75, 3.05) is 24.9 Å². The third-order valence-corrected chi connectivity index (χ3v) is 4.62. The van der Waals surface area contributed by atoms with Gasteiger partial charge in [0.25, 0.3) is 5.91 Å². The Morgan fingerprint density at radius 2 is 1.62 bits per heavy atom. The molecule has 0 radical (unpaired) electrons. The van der Waals surface area contributed by atoms with Crippen molar-refractivity contribution in [1.29, 1.82) is 0 Å². The van der Waals surface area contributed by atoms with E-state index in [1.807, 2.05) is 48.0 Å². The number of ether oxygens (including phenoxy) is 2. The van der Waals surface area contributed by atoms with Crippen molar-refractivity contribution >= 4 is 23.1 Å². The minimum Gasteiger partial charge on any atom is -0.497 e. The summed E-state index contributed by atoms with van der Waals surface area (Å²) in [5.41, 5.74) is 1.91. The molecular formula is C23H22N6O3. The number of imidazole rings is 1. The molecule has 0 spiro atoms. The van der Waals surface area contributed by atoms with E-state index in [1.165, 1.54) is 0 Å². The van der Waals surface area contributed by atoms with Gasteiger partial charge in [0.15, 0.2) is 0 Å². The van der Waals surface area contributed by atoms with Crippen LogP contribution in [0.15, 0.2) is 67.3 Å². The largest absolute Gasteiger partial charge is 0.497 e. The van der Waals surface area contributed by atoms with Crippen molar-refractivity contribution in [3.63, 3.8) is 0 Å². The highest BCUT2D eigenvalue weighted by molar-refractivity contribution is 6.04. The molecule has 0 aliphatic rings. The normalized spacial score (nSPS) is 10.5. The molecule has 2 N–H and O–H groups in total. The molecule has 2 aromatic heterocycles. The van der Waals surface area contributed by atoms with Crippen LogP contribution in [0.4, 0.5) is 17.2 Å². The molecule has 32 heavy (non-hydrogen) atoms. The van der Waals surface area contributed by atoms with E-state index >= 15 is 0 Å². The molecule has 0 unspecified atom stereocenters. The number of hydrogen-bond donors (Lipinski definition) is 2. The summed E-state index contributed by atoms with van der Waals surface area (Å²) >= 11 is 0. The molecule has 4 aromatic rings. The third-order valence-electron chi connectivity index (χ3n) is 4.62. The van der Waals surface area contributed by atoms with Crippen LogP contribution in [0.5, 0.6) is 11.5 Å². The van der Waals surface area contributed by atoms with Crippen molar-refractivity contribution in [3.8, 4) is 17.3 Å². The molecule has 0 atom stereocenters. The first-order chi connectivity index (χ1) is 15.5. The van der Waals surface area contributed by atoms with Crippen LogP contribution in [0.25, 0.3) is 5.82 Å². The van der Waals surface area contributed by atoms with Gasteiger partial charge >= 0.3 is 0 Å². The van der Waals surface area contributed by atoms with E-state index in [0.717, 1.165) is 11.5 Å². The number of carbonyl (C=O) groups excluding carboxylic acids is 1. The second-order valence-electron chi connectivity index (χ2n) is 6.89. The van der Waals surface area contributed by atoms with E-state index in [2.05, 4.69) is 25.6 Å². The van der Waals surface area contributed by atoms with E-state index in [-0.39, 0.29) is 5.91 Å². The molecule has 9 heteroatoms. The molecule has 0 saturated heterocycles. The number of hydrogen-bond acceptors (Lipinski definition) is 7. The Morgan fingerprint density at radius 1 is 0.938 bits per heavy atom. The molecule has 162 valence electrons. The summed E-state index contributed by atoms with van der Waals surface area (Å²) in [4.78, 5) is 25.6. The van der Waals surface area contributed by atoms with Gasteiger partial charge in [0.2, 0.25) is 0 Å². The monoisotopic (exact) mass is 430 g/mol. The maximum Gasteiger partial charge on any atom is 0.255 e. The van der Waals surface area contributed by atoms with Crippen molar-refractivity contribution in [1.82, 2.24) is 19.5 Å². The average molecular weight is 430 g/mol. The molecule has 0 aliphatic heterocycles. The highest BCUT2D eigenvalue weighted by atomic mass is 16.5. The maximum atomic E-state index is 12.7. The van der Waals surface area contributed by atoms with Crippen LogP contribution >= 0.6 is 0 Å². The quantitative estimate of drug-likeness (QED) is 0.457. The van der Waals surface area contributed by atoms with Crippen molar-refractivity contribution < 1.29 is 14.3 Å². The summed E-state index contributed by atoms with van der Waals surface area (Å²) in [7, 11) is 3.08. The number of methoxy groups -OCH3 is 2. The van der Waals surface area contributed by atoms with Gasteiger partial charge in [-0.3, -0.25) is 9.36 Å². The fourth-order valence-electron chi connectivity index (χ4n) is 3.07. The first-order valence-electron chi connectivity index (χ1n) is 9.79. The number of benzene rings is 2.